The Balaban J connectivity index is 1.80. The Labute approximate surface area is 111 Å². The summed E-state index contributed by atoms with van der Waals surface area (Å²) in [5, 5.41) is 9.48. The van der Waals surface area contributed by atoms with Crippen molar-refractivity contribution in [3.05, 3.63) is 34.0 Å². The molecule has 0 spiro atoms. The first-order valence-electron chi connectivity index (χ1n) is 6.45. The number of nitrogens with one attached hydrogen (secondary N) is 1. The molecular weight excluding hydrogens is 244 g/mol. The Bertz CT molecular complexity index is 491. The lowest BCUT2D eigenvalue weighted by Gasteiger charge is -2.35. The minimum absolute atomic E-state index is 0.475. The maximum absolute atomic E-state index is 4.40. The summed E-state index contributed by atoms with van der Waals surface area (Å²) in [5.74, 6) is 0. The molecule has 3 heterocycles. The predicted octanol–water partition coefficient (Wildman–Crippen LogP) is 2.90. The molecule has 0 amide bonds. The highest BCUT2D eigenvalue weighted by molar-refractivity contribution is 7.07. The maximum atomic E-state index is 4.40. The standard InChI is InChI=1S/C13H18N4S/c1-10-6-15-16-13(10)12-4-2-3-5-17(12)7-11-8-18-9-14-11/h6,8-9,12H,2-5,7H2,1H3,(H,15,16)/t12-/m0/s1. The number of thiazole rings is 1. The number of piperidine rings is 1. The summed E-state index contributed by atoms with van der Waals surface area (Å²) >= 11 is 1.67. The van der Waals surface area contributed by atoms with E-state index in [0.717, 1.165) is 13.1 Å². The molecule has 0 bridgehead atoms. The fourth-order valence-corrected chi connectivity index (χ4v) is 3.27. The van der Waals surface area contributed by atoms with Crippen molar-refractivity contribution in [3.63, 3.8) is 0 Å². The number of hydrogen-bond donors (Lipinski definition) is 1. The molecule has 0 aromatic carbocycles. The highest BCUT2D eigenvalue weighted by atomic mass is 32.1. The van der Waals surface area contributed by atoms with Crippen LogP contribution in [0.5, 0.6) is 0 Å². The zero-order chi connectivity index (χ0) is 12.4. The number of hydrogen-bond acceptors (Lipinski definition) is 4. The van der Waals surface area contributed by atoms with E-state index in [1.165, 1.54) is 36.2 Å². The van der Waals surface area contributed by atoms with Crippen LogP contribution in [0.15, 0.2) is 17.1 Å². The van der Waals surface area contributed by atoms with Crippen molar-refractivity contribution in [3.8, 4) is 0 Å². The van der Waals surface area contributed by atoms with Gasteiger partial charge in [0.25, 0.3) is 0 Å². The largest absolute Gasteiger partial charge is 0.289 e. The van der Waals surface area contributed by atoms with Crippen molar-refractivity contribution in [2.24, 2.45) is 0 Å². The third kappa shape index (κ3) is 2.33. The third-order valence-corrected chi connectivity index (χ3v) is 4.30. The lowest BCUT2D eigenvalue weighted by molar-refractivity contribution is 0.135. The van der Waals surface area contributed by atoms with Crippen molar-refractivity contribution in [1.29, 1.82) is 0 Å². The molecule has 2 aromatic rings. The van der Waals surface area contributed by atoms with Crippen LogP contribution in [-0.4, -0.2) is 26.6 Å². The molecule has 1 N–H and O–H groups in total. The third-order valence-electron chi connectivity index (χ3n) is 3.66. The summed E-state index contributed by atoms with van der Waals surface area (Å²) < 4.78 is 0. The van der Waals surface area contributed by atoms with Gasteiger partial charge in [0.2, 0.25) is 0 Å². The number of H-pyrrole nitrogens is 1. The summed E-state index contributed by atoms with van der Waals surface area (Å²) in [4.78, 5) is 6.93. The van der Waals surface area contributed by atoms with Gasteiger partial charge in [-0.1, -0.05) is 6.42 Å². The predicted molar refractivity (Wildman–Crippen MR) is 72.4 cm³/mol. The summed E-state index contributed by atoms with van der Waals surface area (Å²) in [7, 11) is 0. The van der Waals surface area contributed by atoms with Crippen LogP contribution in [-0.2, 0) is 6.54 Å². The molecule has 4 nitrogen and oxygen atoms in total. The second kappa shape index (κ2) is 5.20. The van der Waals surface area contributed by atoms with Crippen molar-refractivity contribution in [1.82, 2.24) is 20.1 Å². The normalized spacial score (nSPS) is 21.3. The van der Waals surface area contributed by atoms with Crippen LogP contribution < -0.4 is 0 Å². The Hall–Kier alpha value is -1.20. The fraction of sp³-hybridized carbons (Fsp3) is 0.538. The molecule has 1 atom stereocenters. The van der Waals surface area contributed by atoms with E-state index in [1.807, 2.05) is 11.7 Å². The Morgan fingerprint density at radius 1 is 1.50 bits per heavy atom. The number of aryl methyl sites for hydroxylation is 1. The monoisotopic (exact) mass is 262 g/mol. The second-order valence-electron chi connectivity index (χ2n) is 4.93. The molecule has 18 heavy (non-hydrogen) atoms. The van der Waals surface area contributed by atoms with E-state index in [4.69, 9.17) is 0 Å². The van der Waals surface area contributed by atoms with Gasteiger partial charge in [-0.2, -0.15) is 5.10 Å². The van der Waals surface area contributed by atoms with E-state index >= 15 is 0 Å². The van der Waals surface area contributed by atoms with Gasteiger partial charge in [0, 0.05) is 11.9 Å². The molecule has 5 heteroatoms. The summed E-state index contributed by atoms with van der Waals surface area (Å²) in [6.45, 7) is 4.24. The lowest BCUT2D eigenvalue weighted by Crippen LogP contribution is -2.33. The van der Waals surface area contributed by atoms with Gasteiger partial charge < -0.3 is 0 Å². The van der Waals surface area contributed by atoms with Gasteiger partial charge in [0.15, 0.2) is 0 Å². The minimum Gasteiger partial charge on any atom is -0.289 e. The molecule has 1 aliphatic rings. The van der Waals surface area contributed by atoms with E-state index in [-0.39, 0.29) is 0 Å². The number of likely N-dealkylation sites (tertiary alicyclic amines) is 1. The van der Waals surface area contributed by atoms with Gasteiger partial charge in [-0.15, -0.1) is 11.3 Å². The Morgan fingerprint density at radius 2 is 2.44 bits per heavy atom. The van der Waals surface area contributed by atoms with Crippen LogP contribution in [0.4, 0.5) is 0 Å². The molecule has 0 radical (unpaired) electrons. The quantitative estimate of drug-likeness (QED) is 0.925. The number of aromatic nitrogens is 3. The molecule has 96 valence electrons. The van der Waals surface area contributed by atoms with Crippen molar-refractivity contribution < 1.29 is 0 Å². The van der Waals surface area contributed by atoms with E-state index < -0.39 is 0 Å². The van der Waals surface area contributed by atoms with Crippen LogP contribution in [0.2, 0.25) is 0 Å². The number of nitrogens with zero attached hydrogens (tertiary/aromatic N) is 3. The van der Waals surface area contributed by atoms with Crippen LogP contribution in [0.1, 0.15) is 42.3 Å². The highest BCUT2D eigenvalue weighted by Crippen LogP contribution is 2.32. The Kier molecular flexibility index (Phi) is 3.43. The molecule has 2 aromatic heterocycles. The zero-order valence-corrected chi connectivity index (χ0v) is 11.4. The van der Waals surface area contributed by atoms with E-state index in [0.29, 0.717) is 6.04 Å². The molecular formula is C13H18N4S. The van der Waals surface area contributed by atoms with Gasteiger partial charge in [-0.25, -0.2) is 4.98 Å². The van der Waals surface area contributed by atoms with E-state index in [9.17, 15) is 0 Å². The average molecular weight is 262 g/mol. The average Bonchev–Trinajstić information content (AvgIpc) is 3.02. The topological polar surface area (TPSA) is 44.8 Å². The number of aromatic amines is 1. The van der Waals surface area contributed by atoms with Gasteiger partial charge in [0.05, 0.1) is 29.1 Å². The minimum atomic E-state index is 0.475. The van der Waals surface area contributed by atoms with Gasteiger partial charge in [0.1, 0.15) is 0 Å². The smallest absolute Gasteiger partial charge is 0.0795 e. The van der Waals surface area contributed by atoms with Crippen molar-refractivity contribution in [2.45, 2.75) is 38.8 Å². The fourth-order valence-electron chi connectivity index (χ4n) is 2.72. The van der Waals surface area contributed by atoms with E-state index in [2.05, 4.69) is 32.4 Å². The van der Waals surface area contributed by atoms with Crippen LogP contribution in [0, 0.1) is 6.92 Å². The molecule has 1 fully saturated rings. The zero-order valence-electron chi connectivity index (χ0n) is 10.6. The van der Waals surface area contributed by atoms with Gasteiger partial charge >= 0.3 is 0 Å². The van der Waals surface area contributed by atoms with Crippen molar-refractivity contribution >= 4 is 11.3 Å². The van der Waals surface area contributed by atoms with E-state index in [1.54, 1.807) is 11.3 Å². The van der Waals surface area contributed by atoms with Crippen LogP contribution in [0.3, 0.4) is 0 Å². The molecule has 3 rings (SSSR count). The maximum Gasteiger partial charge on any atom is 0.0795 e. The first-order chi connectivity index (χ1) is 8.84. The SMILES string of the molecule is Cc1cn[nH]c1[C@@H]1CCCCN1Cc1cscn1. The summed E-state index contributed by atoms with van der Waals surface area (Å²) in [6.07, 6.45) is 5.72. The summed E-state index contributed by atoms with van der Waals surface area (Å²) in [5.41, 5.74) is 5.65. The summed E-state index contributed by atoms with van der Waals surface area (Å²) in [6, 6.07) is 0.475. The first kappa shape index (κ1) is 11.9. The molecule has 1 aliphatic heterocycles. The molecule has 1 saturated heterocycles. The van der Waals surface area contributed by atoms with Crippen LogP contribution >= 0.6 is 11.3 Å². The molecule has 0 aliphatic carbocycles. The van der Waals surface area contributed by atoms with Gasteiger partial charge in [-0.3, -0.25) is 10.00 Å². The molecule has 0 saturated carbocycles. The second-order valence-corrected chi connectivity index (χ2v) is 5.65. The van der Waals surface area contributed by atoms with Crippen molar-refractivity contribution in [2.75, 3.05) is 6.54 Å². The molecule has 0 unspecified atom stereocenters. The Morgan fingerprint density at radius 3 is 3.17 bits per heavy atom. The van der Waals surface area contributed by atoms with Crippen LogP contribution in [0.25, 0.3) is 0 Å². The van der Waals surface area contributed by atoms with Gasteiger partial charge in [-0.05, 0) is 31.9 Å². The first-order valence-corrected chi connectivity index (χ1v) is 7.40. The lowest BCUT2D eigenvalue weighted by atomic mass is 9.97. The highest BCUT2D eigenvalue weighted by Gasteiger charge is 2.26. The number of rotatable bonds is 3.